The van der Waals surface area contributed by atoms with E-state index in [9.17, 15) is 0 Å². The molecule has 1 heteroatoms. The third kappa shape index (κ3) is 2.46. The molecule has 0 N–H and O–H groups in total. The van der Waals surface area contributed by atoms with Gasteiger partial charge in [-0.1, -0.05) is 62.4 Å². The summed E-state index contributed by atoms with van der Waals surface area (Å²) in [6.45, 7) is 6.13. The van der Waals surface area contributed by atoms with Crippen LogP contribution < -0.4 is 0 Å². The Kier molecular flexibility index (Phi) is 4.16. The molecule has 0 aromatic heterocycles. The van der Waals surface area contributed by atoms with Gasteiger partial charge in [0, 0.05) is 13.1 Å². The molecule has 1 aliphatic rings. The van der Waals surface area contributed by atoms with E-state index in [1.807, 2.05) is 13.8 Å². The first kappa shape index (κ1) is 12.8. The second kappa shape index (κ2) is 5.83. The summed E-state index contributed by atoms with van der Waals surface area (Å²) < 4.78 is 0. The van der Waals surface area contributed by atoms with Crippen molar-refractivity contribution in [3.05, 3.63) is 54.1 Å². The maximum absolute atomic E-state index is 2.34. The Morgan fingerprint density at radius 1 is 0.944 bits per heavy atom. The summed E-state index contributed by atoms with van der Waals surface area (Å²) in [5.41, 5.74) is 2.85. The van der Waals surface area contributed by atoms with Crippen LogP contribution in [0.4, 0.5) is 0 Å². The molecule has 0 saturated heterocycles. The summed E-state index contributed by atoms with van der Waals surface area (Å²) in [6, 6.07) is 15.2. The minimum Gasteiger partial charge on any atom is -0.298 e. The van der Waals surface area contributed by atoms with Crippen LogP contribution in [0.15, 0.2) is 48.5 Å². The van der Waals surface area contributed by atoms with E-state index in [0.717, 1.165) is 13.1 Å². The summed E-state index contributed by atoms with van der Waals surface area (Å²) >= 11 is 0. The van der Waals surface area contributed by atoms with Gasteiger partial charge in [0.05, 0.1) is 0 Å². The predicted octanol–water partition coefficient (Wildman–Crippen LogP) is 4.19. The molecule has 1 heterocycles. The summed E-state index contributed by atoms with van der Waals surface area (Å²) in [6.07, 6.45) is 2.34. The largest absolute Gasteiger partial charge is 0.298 e. The molecule has 0 saturated carbocycles. The van der Waals surface area contributed by atoms with Crippen LogP contribution in [-0.4, -0.2) is 25.0 Å². The summed E-state index contributed by atoms with van der Waals surface area (Å²) in [7, 11) is 2.16. The monoisotopic (exact) mass is 239 g/mol. The lowest BCUT2D eigenvalue weighted by molar-refractivity contribution is 0.439. The third-order valence-corrected chi connectivity index (χ3v) is 3.23. The van der Waals surface area contributed by atoms with E-state index < -0.39 is 0 Å². The Morgan fingerprint density at radius 2 is 1.67 bits per heavy atom. The zero-order valence-corrected chi connectivity index (χ0v) is 11.5. The van der Waals surface area contributed by atoms with Crippen LogP contribution in [0.3, 0.4) is 0 Å². The zero-order valence-electron chi connectivity index (χ0n) is 11.5. The quantitative estimate of drug-likeness (QED) is 0.721. The molecular weight excluding hydrogens is 218 g/mol. The van der Waals surface area contributed by atoms with Gasteiger partial charge < -0.3 is 0 Å². The number of nitrogens with zero attached hydrogens (tertiary/aromatic N) is 1. The molecule has 18 heavy (non-hydrogen) atoms. The molecule has 0 spiro atoms. The van der Waals surface area contributed by atoms with Crippen LogP contribution in [0, 0.1) is 0 Å². The molecule has 0 bridgehead atoms. The zero-order chi connectivity index (χ0) is 13.0. The molecule has 1 nitrogen and oxygen atoms in total. The third-order valence-electron chi connectivity index (χ3n) is 3.23. The lowest BCUT2D eigenvalue weighted by Crippen LogP contribution is -2.13. The summed E-state index contributed by atoms with van der Waals surface area (Å²) in [4.78, 5) is 2.33. The van der Waals surface area contributed by atoms with Crippen LogP contribution in [0.2, 0.25) is 0 Å². The molecular formula is C17H21N. The summed E-state index contributed by atoms with van der Waals surface area (Å²) in [5, 5.41) is 2.70. The van der Waals surface area contributed by atoms with Crippen molar-refractivity contribution >= 4 is 16.3 Å². The molecule has 0 amide bonds. The maximum Gasteiger partial charge on any atom is 0.0237 e. The highest BCUT2D eigenvalue weighted by Gasteiger charge is 2.13. The Balaban J connectivity index is 0.000000574. The molecule has 0 unspecified atom stereocenters. The van der Waals surface area contributed by atoms with Crippen molar-refractivity contribution in [3.8, 4) is 0 Å². The molecule has 94 valence electrons. The van der Waals surface area contributed by atoms with Crippen LogP contribution >= 0.6 is 0 Å². The molecule has 2 aromatic carbocycles. The topological polar surface area (TPSA) is 3.24 Å². The van der Waals surface area contributed by atoms with E-state index in [2.05, 4.69) is 60.5 Å². The Morgan fingerprint density at radius 3 is 2.39 bits per heavy atom. The average Bonchev–Trinajstić information content (AvgIpc) is 2.87. The fourth-order valence-corrected chi connectivity index (χ4v) is 2.39. The van der Waals surface area contributed by atoms with Crippen molar-refractivity contribution in [3.63, 3.8) is 0 Å². The van der Waals surface area contributed by atoms with Crippen molar-refractivity contribution in [1.29, 1.82) is 0 Å². The molecule has 0 aliphatic carbocycles. The summed E-state index contributed by atoms with van der Waals surface area (Å²) in [5.74, 6) is 0. The normalized spacial score (nSPS) is 15.2. The lowest BCUT2D eigenvalue weighted by Gasteiger charge is -2.10. The molecule has 1 aliphatic heterocycles. The van der Waals surface area contributed by atoms with Crippen molar-refractivity contribution in [2.75, 3.05) is 20.1 Å². The molecule has 3 rings (SSSR count). The number of hydrogen-bond acceptors (Lipinski definition) is 1. The standard InChI is InChI=1S/C15H15N.C2H6/c1-16-10-9-13(11-16)15-8-4-6-12-5-2-3-7-14(12)15;1-2/h2-9H,10-11H2,1H3;1-2H3. The Bertz CT molecular complexity index is 549. The first-order chi connectivity index (χ1) is 8.84. The van der Waals surface area contributed by atoms with E-state index in [-0.39, 0.29) is 0 Å². The van der Waals surface area contributed by atoms with Gasteiger partial charge >= 0.3 is 0 Å². The second-order valence-electron chi connectivity index (χ2n) is 4.45. The van der Waals surface area contributed by atoms with Crippen LogP contribution in [-0.2, 0) is 0 Å². The smallest absolute Gasteiger partial charge is 0.0237 e. The highest BCUT2D eigenvalue weighted by atomic mass is 15.1. The first-order valence-corrected chi connectivity index (χ1v) is 6.70. The van der Waals surface area contributed by atoms with E-state index in [1.54, 1.807) is 0 Å². The van der Waals surface area contributed by atoms with Gasteiger partial charge in [-0.15, -0.1) is 0 Å². The van der Waals surface area contributed by atoms with Gasteiger partial charge in [0.2, 0.25) is 0 Å². The Hall–Kier alpha value is -1.60. The van der Waals surface area contributed by atoms with Gasteiger partial charge in [0.25, 0.3) is 0 Å². The number of hydrogen-bond donors (Lipinski definition) is 0. The van der Waals surface area contributed by atoms with Gasteiger partial charge in [-0.05, 0) is 29.0 Å². The van der Waals surface area contributed by atoms with E-state index in [0.29, 0.717) is 0 Å². The first-order valence-electron chi connectivity index (χ1n) is 6.70. The van der Waals surface area contributed by atoms with Crippen molar-refractivity contribution in [1.82, 2.24) is 4.90 Å². The predicted molar refractivity (Wildman–Crippen MR) is 80.8 cm³/mol. The fraction of sp³-hybridized carbons (Fsp3) is 0.294. The fourth-order valence-electron chi connectivity index (χ4n) is 2.39. The van der Waals surface area contributed by atoms with Gasteiger partial charge in [0.1, 0.15) is 0 Å². The van der Waals surface area contributed by atoms with Crippen molar-refractivity contribution in [2.45, 2.75) is 13.8 Å². The van der Waals surface area contributed by atoms with Crippen LogP contribution in [0.5, 0.6) is 0 Å². The minimum absolute atomic E-state index is 1.06. The number of rotatable bonds is 1. The van der Waals surface area contributed by atoms with E-state index >= 15 is 0 Å². The van der Waals surface area contributed by atoms with Gasteiger partial charge in [-0.2, -0.15) is 0 Å². The maximum atomic E-state index is 2.34. The lowest BCUT2D eigenvalue weighted by atomic mass is 9.99. The number of fused-ring (bicyclic) bond motifs is 1. The van der Waals surface area contributed by atoms with E-state index in [1.165, 1.54) is 21.9 Å². The molecule has 2 aromatic rings. The van der Waals surface area contributed by atoms with Crippen molar-refractivity contribution < 1.29 is 0 Å². The van der Waals surface area contributed by atoms with Crippen LogP contribution in [0.1, 0.15) is 19.4 Å². The SMILES string of the molecule is CC.CN1CC=C(c2cccc3ccccc23)C1. The average molecular weight is 239 g/mol. The van der Waals surface area contributed by atoms with Gasteiger partial charge in [-0.25, -0.2) is 0 Å². The minimum atomic E-state index is 1.06. The number of benzene rings is 2. The molecule has 0 radical (unpaired) electrons. The number of likely N-dealkylation sites (N-methyl/N-ethyl adjacent to an activating group) is 1. The van der Waals surface area contributed by atoms with Crippen molar-refractivity contribution in [2.24, 2.45) is 0 Å². The molecule has 0 atom stereocenters. The molecule has 0 fully saturated rings. The van der Waals surface area contributed by atoms with Gasteiger partial charge in [-0.3, -0.25) is 4.90 Å². The second-order valence-corrected chi connectivity index (χ2v) is 4.45. The van der Waals surface area contributed by atoms with Gasteiger partial charge in [0.15, 0.2) is 0 Å². The van der Waals surface area contributed by atoms with E-state index in [4.69, 9.17) is 0 Å². The highest BCUT2D eigenvalue weighted by molar-refractivity contribution is 5.94. The highest BCUT2D eigenvalue weighted by Crippen LogP contribution is 2.27. The Labute approximate surface area is 110 Å². The van der Waals surface area contributed by atoms with Crippen LogP contribution in [0.25, 0.3) is 16.3 Å².